The van der Waals surface area contributed by atoms with Crippen molar-refractivity contribution in [3.63, 3.8) is 0 Å². The lowest BCUT2D eigenvalue weighted by molar-refractivity contribution is -0.277. The van der Waals surface area contributed by atoms with Crippen LogP contribution in [0.3, 0.4) is 0 Å². The maximum Gasteiger partial charge on any atom is 0.229 e. The molecule has 0 bridgehead atoms. The number of phenols is 1. The highest BCUT2D eigenvalue weighted by Gasteiger charge is 2.45. The molecule has 2 aromatic carbocycles. The van der Waals surface area contributed by atoms with Crippen LogP contribution in [0.15, 0.2) is 36.4 Å². The van der Waals surface area contributed by atoms with Gasteiger partial charge in [-0.3, -0.25) is 0 Å². The maximum atomic E-state index is 11.0. The van der Waals surface area contributed by atoms with Crippen LogP contribution in [0.5, 0.6) is 23.0 Å². The summed E-state index contributed by atoms with van der Waals surface area (Å²) in [6.45, 7) is -1.00. The van der Waals surface area contributed by atoms with E-state index in [4.69, 9.17) is 18.9 Å². The molecule has 0 aliphatic carbocycles. The summed E-state index contributed by atoms with van der Waals surface area (Å²) in [6.07, 6.45) is -8.44. The van der Waals surface area contributed by atoms with Crippen molar-refractivity contribution in [2.24, 2.45) is 0 Å². The molecule has 2 aromatic rings. The molecule has 0 saturated carbocycles. The van der Waals surface area contributed by atoms with Crippen LogP contribution in [0, 0.1) is 0 Å². The molecule has 3 rings (SSSR count). The van der Waals surface area contributed by atoms with E-state index in [1.165, 1.54) is 44.6 Å². The molecule has 1 fully saturated rings. The van der Waals surface area contributed by atoms with E-state index in [0.29, 0.717) is 11.1 Å². The molecule has 0 unspecified atom stereocenters. The van der Waals surface area contributed by atoms with Gasteiger partial charge in [0.25, 0.3) is 0 Å². The van der Waals surface area contributed by atoms with Gasteiger partial charge in [-0.2, -0.15) is 0 Å². The van der Waals surface area contributed by atoms with Crippen molar-refractivity contribution in [1.82, 2.24) is 0 Å². The molecule has 0 spiro atoms. The van der Waals surface area contributed by atoms with Gasteiger partial charge in [0.2, 0.25) is 6.29 Å². The number of aliphatic hydroxyl groups excluding tert-OH is 6. The summed E-state index contributed by atoms with van der Waals surface area (Å²) < 4.78 is 21.4. The average molecular weight is 482 g/mol. The Labute approximate surface area is 196 Å². The number of rotatable bonds is 9. The van der Waals surface area contributed by atoms with E-state index in [0.717, 1.165) is 0 Å². The van der Waals surface area contributed by atoms with Crippen LogP contribution in [-0.4, -0.2) is 93.9 Å². The Bertz CT molecular complexity index is 951. The number of benzene rings is 2. The molecule has 0 radical (unpaired) electrons. The number of phenolic OH excluding ortho intramolecular Hbond substituents is 1. The number of ether oxygens (including phenoxy) is 4. The second kappa shape index (κ2) is 11.2. The van der Waals surface area contributed by atoms with Gasteiger partial charge in [-0.15, -0.1) is 0 Å². The first kappa shape index (κ1) is 26.0. The Hall–Kier alpha value is -2.64. The zero-order valence-electron chi connectivity index (χ0n) is 18.7. The van der Waals surface area contributed by atoms with Crippen LogP contribution in [0.1, 0.15) is 23.1 Å². The summed E-state index contributed by atoms with van der Waals surface area (Å²) in [5.41, 5.74) is 0.911. The van der Waals surface area contributed by atoms with Crippen molar-refractivity contribution in [3.05, 3.63) is 47.5 Å². The van der Waals surface area contributed by atoms with E-state index in [1.807, 2.05) is 0 Å². The quantitative estimate of drug-likeness (QED) is 0.243. The highest BCUT2D eigenvalue weighted by Crippen LogP contribution is 2.39. The first-order valence-electron chi connectivity index (χ1n) is 10.6. The van der Waals surface area contributed by atoms with Crippen LogP contribution in [0.25, 0.3) is 0 Å². The SMILES string of the molecule is COc1cc([C@@H](CO)[C@@H](O)c2ccc(O[C@@H]3O[C@H](CO)[C@@H](O)[C@H](O)[C@H]3O)c(OC)c2)ccc1O. The average Bonchev–Trinajstić information content (AvgIpc) is 2.85. The molecule has 11 nitrogen and oxygen atoms in total. The summed E-state index contributed by atoms with van der Waals surface area (Å²) >= 11 is 0. The van der Waals surface area contributed by atoms with Crippen LogP contribution < -0.4 is 14.2 Å². The molecule has 0 amide bonds. The van der Waals surface area contributed by atoms with Crippen molar-refractivity contribution >= 4 is 0 Å². The molecule has 1 saturated heterocycles. The third-order valence-electron chi connectivity index (χ3n) is 5.83. The minimum atomic E-state index is -1.60. The fraction of sp³-hybridized carbons (Fsp3) is 0.478. The summed E-state index contributed by atoms with van der Waals surface area (Å²) in [5.74, 6) is -0.364. The Morgan fingerprint density at radius 1 is 0.853 bits per heavy atom. The lowest BCUT2D eigenvalue weighted by atomic mass is 9.89. The van der Waals surface area contributed by atoms with Crippen LogP contribution >= 0.6 is 0 Å². The number of hydrogen-bond donors (Lipinski definition) is 7. The van der Waals surface area contributed by atoms with Gasteiger partial charge in [0, 0.05) is 5.92 Å². The number of methoxy groups -OCH3 is 2. The highest BCUT2D eigenvalue weighted by atomic mass is 16.7. The van der Waals surface area contributed by atoms with Gasteiger partial charge in [-0.1, -0.05) is 12.1 Å². The van der Waals surface area contributed by atoms with E-state index in [9.17, 15) is 35.7 Å². The summed E-state index contributed by atoms with van der Waals surface area (Å²) in [4.78, 5) is 0. The monoisotopic (exact) mass is 482 g/mol. The second-order valence-electron chi connectivity index (χ2n) is 7.89. The molecular weight excluding hydrogens is 452 g/mol. The van der Waals surface area contributed by atoms with Crippen molar-refractivity contribution in [3.8, 4) is 23.0 Å². The largest absolute Gasteiger partial charge is 0.504 e. The van der Waals surface area contributed by atoms with Crippen LogP contribution in [0.2, 0.25) is 0 Å². The van der Waals surface area contributed by atoms with Crippen LogP contribution in [-0.2, 0) is 4.74 Å². The van der Waals surface area contributed by atoms with Gasteiger partial charge >= 0.3 is 0 Å². The molecule has 1 heterocycles. The summed E-state index contributed by atoms with van der Waals surface area (Å²) in [5, 5.41) is 70.1. The standard InChI is InChI=1S/C23H30O11/c1-31-16-7-11(3-5-14(16)26)13(9-24)19(27)12-4-6-15(17(8-12)32-2)33-23-22(30)21(29)20(28)18(10-25)34-23/h3-8,13,18-30H,9-10H2,1-2H3/t13-,18-,19+,20-,21+,22-,23-/m1/s1. The van der Waals surface area contributed by atoms with Gasteiger partial charge in [-0.25, -0.2) is 0 Å². The van der Waals surface area contributed by atoms with Gasteiger partial charge in [0.05, 0.1) is 33.5 Å². The van der Waals surface area contributed by atoms with E-state index in [-0.39, 0.29) is 23.0 Å². The maximum absolute atomic E-state index is 11.0. The lowest BCUT2D eigenvalue weighted by Gasteiger charge is -2.39. The Balaban J connectivity index is 1.84. The first-order chi connectivity index (χ1) is 16.2. The van der Waals surface area contributed by atoms with Gasteiger partial charge in [-0.05, 0) is 35.4 Å². The number of hydrogen-bond acceptors (Lipinski definition) is 11. The van der Waals surface area contributed by atoms with Crippen molar-refractivity contribution < 1.29 is 54.7 Å². The molecule has 188 valence electrons. The molecule has 1 aliphatic rings. The molecule has 11 heteroatoms. The second-order valence-corrected chi connectivity index (χ2v) is 7.89. The van der Waals surface area contributed by atoms with E-state index >= 15 is 0 Å². The van der Waals surface area contributed by atoms with E-state index in [2.05, 4.69) is 0 Å². The van der Waals surface area contributed by atoms with Crippen molar-refractivity contribution in [2.45, 2.75) is 42.7 Å². The molecule has 34 heavy (non-hydrogen) atoms. The Morgan fingerprint density at radius 3 is 2.12 bits per heavy atom. The van der Waals surface area contributed by atoms with E-state index in [1.54, 1.807) is 6.07 Å². The zero-order chi connectivity index (χ0) is 25.0. The van der Waals surface area contributed by atoms with Crippen LogP contribution in [0.4, 0.5) is 0 Å². The first-order valence-corrected chi connectivity index (χ1v) is 10.6. The van der Waals surface area contributed by atoms with Gasteiger partial charge in [0.15, 0.2) is 23.0 Å². The Kier molecular flexibility index (Phi) is 8.55. The minimum Gasteiger partial charge on any atom is -0.504 e. The predicted octanol–water partition coefficient (Wildman–Crippen LogP) is -0.602. The van der Waals surface area contributed by atoms with Gasteiger partial charge < -0.3 is 54.7 Å². The number of aliphatic hydroxyl groups is 6. The third kappa shape index (κ3) is 5.20. The third-order valence-corrected chi connectivity index (χ3v) is 5.83. The molecular formula is C23H30O11. The lowest BCUT2D eigenvalue weighted by Crippen LogP contribution is -2.60. The van der Waals surface area contributed by atoms with E-state index < -0.39 is 55.9 Å². The fourth-order valence-corrected chi connectivity index (χ4v) is 3.80. The predicted molar refractivity (Wildman–Crippen MR) is 117 cm³/mol. The minimum absolute atomic E-state index is 0.0752. The molecule has 1 aliphatic heterocycles. The van der Waals surface area contributed by atoms with Crippen molar-refractivity contribution in [2.75, 3.05) is 27.4 Å². The molecule has 0 aromatic heterocycles. The normalized spacial score (nSPS) is 26.5. The highest BCUT2D eigenvalue weighted by molar-refractivity contribution is 5.46. The summed E-state index contributed by atoms with van der Waals surface area (Å²) in [7, 11) is 2.75. The molecule has 7 N–H and O–H groups in total. The molecule has 7 atom stereocenters. The topological polar surface area (TPSA) is 179 Å². The Morgan fingerprint density at radius 2 is 1.50 bits per heavy atom. The van der Waals surface area contributed by atoms with Gasteiger partial charge in [0.1, 0.15) is 24.4 Å². The zero-order valence-corrected chi connectivity index (χ0v) is 18.7. The number of aromatic hydroxyl groups is 1. The van der Waals surface area contributed by atoms with Crippen molar-refractivity contribution in [1.29, 1.82) is 0 Å². The smallest absolute Gasteiger partial charge is 0.229 e. The fourth-order valence-electron chi connectivity index (χ4n) is 3.80. The summed E-state index contributed by atoms with van der Waals surface area (Å²) in [6, 6.07) is 8.94.